The van der Waals surface area contributed by atoms with Gasteiger partial charge in [0, 0.05) is 23.5 Å². The highest BCUT2D eigenvalue weighted by atomic mass is 32.2. The number of aryl methyl sites for hydroxylation is 2. The molecule has 4 heteroatoms. The average molecular weight is 267 g/mol. The van der Waals surface area contributed by atoms with Crippen molar-refractivity contribution in [3.8, 4) is 0 Å². The number of hydrogen-bond donors (Lipinski definition) is 1. The van der Waals surface area contributed by atoms with Crippen molar-refractivity contribution < 1.29 is 0 Å². The Labute approximate surface area is 115 Å². The van der Waals surface area contributed by atoms with Crippen LogP contribution in [-0.4, -0.2) is 22.3 Å². The van der Waals surface area contributed by atoms with Crippen LogP contribution in [0.5, 0.6) is 0 Å². The number of nitrogens with one attached hydrogen (secondary N) is 1. The molecular weight excluding hydrogens is 242 g/mol. The summed E-state index contributed by atoms with van der Waals surface area (Å²) in [5.41, 5.74) is 3.50. The maximum Gasteiger partial charge on any atom is 0.138 e. The summed E-state index contributed by atoms with van der Waals surface area (Å²) in [6.45, 7) is 10.5. The lowest BCUT2D eigenvalue weighted by Crippen LogP contribution is -2.17. The van der Waals surface area contributed by atoms with E-state index in [9.17, 15) is 0 Å². The first-order chi connectivity index (χ1) is 8.69. The molecule has 1 N–H and O–H groups in total. The zero-order valence-corrected chi connectivity index (χ0v) is 12.9. The Balaban J connectivity index is 2.65. The normalized spacial score (nSPS) is 10.9. The third kappa shape index (κ3) is 4.94. The van der Waals surface area contributed by atoms with E-state index >= 15 is 0 Å². The zero-order valence-electron chi connectivity index (χ0n) is 12.0. The molecule has 0 aliphatic rings. The predicted octanol–water partition coefficient (Wildman–Crippen LogP) is 3.24. The highest BCUT2D eigenvalue weighted by Gasteiger charge is 2.08. The zero-order chi connectivity index (χ0) is 13.4. The van der Waals surface area contributed by atoms with Crippen LogP contribution in [0.3, 0.4) is 0 Å². The van der Waals surface area contributed by atoms with Crippen molar-refractivity contribution in [3.05, 3.63) is 22.8 Å². The third-order valence-corrected chi connectivity index (χ3v) is 3.93. The Bertz CT molecular complexity index is 343. The lowest BCUT2D eigenvalue weighted by atomic mass is 10.1. The molecule has 0 radical (unpaired) electrons. The monoisotopic (exact) mass is 267 g/mol. The van der Waals surface area contributed by atoms with Gasteiger partial charge >= 0.3 is 0 Å². The van der Waals surface area contributed by atoms with Gasteiger partial charge in [-0.05, 0) is 39.0 Å². The quantitative estimate of drug-likeness (QED) is 0.734. The number of nitrogens with zero attached hydrogens (tertiary/aromatic N) is 2. The van der Waals surface area contributed by atoms with Gasteiger partial charge in [-0.3, -0.25) is 0 Å². The molecule has 1 aromatic heterocycles. The van der Waals surface area contributed by atoms with Gasteiger partial charge in [-0.1, -0.05) is 13.8 Å². The highest BCUT2D eigenvalue weighted by Crippen LogP contribution is 2.14. The van der Waals surface area contributed by atoms with Crippen LogP contribution < -0.4 is 5.32 Å². The van der Waals surface area contributed by atoms with Crippen LogP contribution in [0.2, 0.25) is 0 Å². The van der Waals surface area contributed by atoms with Gasteiger partial charge in [-0.25, -0.2) is 9.97 Å². The van der Waals surface area contributed by atoms with E-state index < -0.39 is 0 Å². The van der Waals surface area contributed by atoms with Gasteiger partial charge in [0.2, 0.25) is 0 Å². The van der Waals surface area contributed by atoms with Gasteiger partial charge < -0.3 is 5.32 Å². The molecule has 3 nitrogen and oxygen atoms in total. The lowest BCUT2D eigenvalue weighted by molar-refractivity contribution is 0.663. The third-order valence-electron chi connectivity index (χ3n) is 2.78. The van der Waals surface area contributed by atoms with E-state index in [1.54, 1.807) is 0 Å². The molecule has 0 atom stereocenters. The Morgan fingerprint density at radius 1 is 1.06 bits per heavy atom. The van der Waals surface area contributed by atoms with Gasteiger partial charge in [0.15, 0.2) is 0 Å². The molecule has 0 saturated heterocycles. The first-order valence-corrected chi connectivity index (χ1v) is 7.95. The van der Waals surface area contributed by atoms with Crippen LogP contribution >= 0.6 is 11.8 Å². The number of thioether (sulfide) groups is 1. The molecule has 1 rings (SSSR count). The smallest absolute Gasteiger partial charge is 0.138 e. The molecule has 0 aliphatic carbocycles. The molecule has 1 heterocycles. The second-order valence-electron chi connectivity index (χ2n) is 4.52. The Morgan fingerprint density at radius 2 is 1.72 bits per heavy atom. The largest absolute Gasteiger partial charge is 0.313 e. The lowest BCUT2D eigenvalue weighted by Gasteiger charge is -2.11. The van der Waals surface area contributed by atoms with Gasteiger partial charge in [-0.15, -0.1) is 0 Å². The van der Waals surface area contributed by atoms with Gasteiger partial charge in [0.25, 0.3) is 0 Å². The second kappa shape index (κ2) is 8.48. The van der Waals surface area contributed by atoms with Gasteiger partial charge in [-0.2, -0.15) is 11.8 Å². The maximum atomic E-state index is 4.61. The summed E-state index contributed by atoms with van der Waals surface area (Å²) in [7, 11) is 0. The molecule has 0 fully saturated rings. The standard InChI is InChI=1S/C14H25N3S/c1-5-7-15-9-13-11(3)16-14(17-12(13)4)10-18-8-6-2/h15H,5-10H2,1-4H3. The molecule has 0 aliphatic heterocycles. The van der Waals surface area contributed by atoms with Crippen molar-refractivity contribution in [2.75, 3.05) is 12.3 Å². The molecule has 18 heavy (non-hydrogen) atoms. The Morgan fingerprint density at radius 3 is 2.28 bits per heavy atom. The fourth-order valence-corrected chi connectivity index (χ4v) is 2.57. The van der Waals surface area contributed by atoms with Gasteiger partial charge in [0.05, 0.1) is 5.75 Å². The number of aromatic nitrogens is 2. The van der Waals surface area contributed by atoms with E-state index in [-0.39, 0.29) is 0 Å². The number of hydrogen-bond acceptors (Lipinski definition) is 4. The van der Waals surface area contributed by atoms with Crippen molar-refractivity contribution in [2.45, 2.75) is 52.8 Å². The minimum atomic E-state index is 0.883. The minimum absolute atomic E-state index is 0.883. The summed E-state index contributed by atoms with van der Waals surface area (Å²) in [4.78, 5) is 9.23. The van der Waals surface area contributed by atoms with E-state index in [4.69, 9.17) is 0 Å². The Kier molecular flexibility index (Phi) is 7.28. The van der Waals surface area contributed by atoms with Crippen LogP contribution in [-0.2, 0) is 12.3 Å². The fraction of sp³-hybridized carbons (Fsp3) is 0.714. The van der Waals surface area contributed by atoms with Crippen molar-refractivity contribution in [3.63, 3.8) is 0 Å². The molecule has 0 unspecified atom stereocenters. The highest BCUT2D eigenvalue weighted by molar-refractivity contribution is 7.98. The van der Waals surface area contributed by atoms with Crippen LogP contribution in [0, 0.1) is 13.8 Å². The number of rotatable bonds is 8. The summed E-state index contributed by atoms with van der Waals surface area (Å²) in [6.07, 6.45) is 2.37. The van der Waals surface area contributed by atoms with Crippen molar-refractivity contribution in [1.82, 2.24) is 15.3 Å². The summed E-state index contributed by atoms with van der Waals surface area (Å²) >= 11 is 1.91. The van der Waals surface area contributed by atoms with Gasteiger partial charge in [0.1, 0.15) is 5.82 Å². The summed E-state index contributed by atoms with van der Waals surface area (Å²) < 4.78 is 0. The summed E-state index contributed by atoms with van der Waals surface area (Å²) in [5.74, 6) is 3.09. The van der Waals surface area contributed by atoms with E-state index in [1.807, 2.05) is 11.8 Å². The summed E-state index contributed by atoms with van der Waals surface area (Å²) in [5, 5.41) is 3.42. The minimum Gasteiger partial charge on any atom is -0.313 e. The van der Waals surface area contributed by atoms with Crippen LogP contribution in [0.1, 0.15) is 49.5 Å². The molecule has 0 bridgehead atoms. The predicted molar refractivity (Wildman–Crippen MR) is 80.0 cm³/mol. The van der Waals surface area contributed by atoms with E-state index in [0.717, 1.165) is 42.5 Å². The Hall–Kier alpha value is -0.610. The van der Waals surface area contributed by atoms with Crippen molar-refractivity contribution in [2.24, 2.45) is 0 Å². The molecular formula is C14H25N3S. The first-order valence-electron chi connectivity index (χ1n) is 6.80. The van der Waals surface area contributed by atoms with Crippen LogP contribution in [0.25, 0.3) is 0 Å². The summed E-state index contributed by atoms with van der Waals surface area (Å²) in [6, 6.07) is 0. The van der Waals surface area contributed by atoms with Crippen LogP contribution in [0.15, 0.2) is 0 Å². The molecule has 1 aromatic rings. The SMILES string of the molecule is CCCNCc1c(C)nc(CSCCC)nc1C. The molecule has 0 saturated carbocycles. The molecule has 102 valence electrons. The maximum absolute atomic E-state index is 4.61. The second-order valence-corrected chi connectivity index (χ2v) is 5.62. The van der Waals surface area contributed by atoms with E-state index in [1.165, 1.54) is 17.7 Å². The molecule has 0 spiro atoms. The van der Waals surface area contributed by atoms with E-state index in [2.05, 4.69) is 43.0 Å². The van der Waals surface area contributed by atoms with Crippen LogP contribution in [0.4, 0.5) is 0 Å². The topological polar surface area (TPSA) is 37.8 Å². The average Bonchev–Trinajstić information content (AvgIpc) is 2.33. The molecule has 0 amide bonds. The first kappa shape index (κ1) is 15.4. The van der Waals surface area contributed by atoms with Crippen molar-refractivity contribution >= 4 is 11.8 Å². The van der Waals surface area contributed by atoms with Crippen molar-refractivity contribution in [1.29, 1.82) is 0 Å². The van der Waals surface area contributed by atoms with E-state index in [0.29, 0.717) is 0 Å². The molecule has 0 aromatic carbocycles. The fourth-order valence-electron chi connectivity index (χ4n) is 1.83.